The van der Waals surface area contributed by atoms with Crippen LogP contribution < -0.4 is 0 Å². The molecule has 0 saturated heterocycles. The number of carboxylic acids is 1. The van der Waals surface area contributed by atoms with Crippen LogP contribution in [0, 0.1) is 11.3 Å². The summed E-state index contributed by atoms with van der Waals surface area (Å²) < 4.78 is 1.95. The van der Waals surface area contributed by atoms with Crippen molar-refractivity contribution in [1.29, 1.82) is 0 Å². The lowest BCUT2D eigenvalue weighted by Gasteiger charge is -2.06. The Hall–Kier alpha value is -1.04. The van der Waals surface area contributed by atoms with Crippen molar-refractivity contribution in [3.63, 3.8) is 0 Å². The minimum absolute atomic E-state index is 0.0345. The predicted octanol–water partition coefficient (Wildman–Crippen LogP) is 1.50. The molecule has 1 unspecified atom stereocenters. The van der Waals surface area contributed by atoms with Crippen molar-refractivity contribution >= 4 is 17.7 Å². The van der Waals surface area contributed by atoms with Gasteiger partial charge in [0.1, 0.15) is 6.33 Å². The topological polar surface area (TPSA) is 68.0 Å². The van der Waals surface area contributed by atoms with E-state index < -0.39 is 5.97 Å². The monoisotopic (exact) mass is 241 g/mol. The maximum Gasteiger partial charge on any atom is 0.313 e. The van der Waals surface area contributed by atoms with Gasteiger partial charge in [-0.15, -0.1) is 10.2 Å². The van der Waals surface area contributed by atoms with Gasteiger partial charge in [0, 0.05) is 6.54 Å². The van der Waals surface area contributed by atoms with Crippen LogP contribution in [0.4, 0.5) is 0 Å². The molecule has 1 fully saturated rings. The molecule has 0 radical (unpaired) electrons. The minimum atomic E-state index is -0.827. The molecule has 0 bridgehead atoms. The van der Waals surface area contributed by atoms with E-state index in [0.717, 1.165) is 6.54 Å². The predicted molar refractivity (Wildman–Crippen MR) is 60.3 cm³/mol. The summed E-state index contributed by atoms with van der Waals surface area (Å²) in [7, 11) is 0. The van der Waals surface area contributed by atoms with Gasteiger partial charge in [-0.1, -0.05) is 25.6 Å². The third-order valence-corrected chi connectivity index (χ3v) is 4.01. The second kappa shape index (κ2) is 4.08. The second-order valence-electron chi connectivity index (χ2n) is 4.84. The van der Waals surface area contributed by atoms with E-state index in [4.69, 9.17) is 5.11 Å². The molecule has 1 atom stereocenters. The molecule has 0 aliphatic heterocycles. The second-order valence-corrected chi connectivity index (χ2v) is 5.78. The number of aromatic nitrogens is 3. The van der Waals surface area contributed by atoms with Crippen LogP contribution in [-0.2, 0) is 11.3 Å². The van der Waals surface area contributed by atoms with Crippen LogP contribution in [-0.4, -0.2) is 31.6 Å². The fraction of sp³-hybridized carbons (Fsp3) is 0.700. The van der Waals surface area contributed by atoms with Gasteiger partial charge in [-0.2, -0.15) is 0 Å². The molecule has 1 aromatic heterocycles. The average molecular weight is 241 g/mol. The van der Waals surface area contributed by atoms with Gasteiger partial charge >= 0.3 is 5.97 Å². The molecular weight excluding hydrogens is 226 g/mol. The van der Waals surface area contributed by atoms with E-state index in [0.29, 0.717) is 16.5 Å². The first-order chi connectivity index (χ1) is 7.49. The summed E-state index contributed by atoms with van der Waals surface area (Å²) in [6.07, 6.45) is 2.90. The SMILES string of the molecule is CC1(C)CC1Cn1cnnc1SCC(=O)O. The summed E-state index contributed by atoms with van der Waals surface area (Å²) in [6.45, 7) is 5.38. The molecule has 0 amide bonds. The van der Waals surface area contributed by atoms with E-state index in [1.165, 1.54) is 18.2 Å². The van der Waals surface area contributed by atoms with E-state index in [2.05, 4.69) is 24.0 Å². The molecular formula is C10H15N3O2S. The Labute approximate surface area is 98.3 Å². The standard InChI is InChI=1S/C10H15N3O2S/c1-10(2)3-7(10)4-13-6-11-12-9(13)16-5-8(14)15/h6-7H,3-5H2,1-2H3,(H,14,15). The van der Waals surface area contributed by atoms with E-state index in [-0.39, 0.29) is 5.75 Å². The van der Waals surface area contributed by atoms with Crippen LogP contribution >= 0.6 is 11.8 Å². The van der Waals surface area contributed by atoms with Crippen LogP contribution in [0.1, 0.15) is 20.3 Å². The van der Waals surface area contributed by atoms with Gasteiger partial charge in [0.25, 0.3) is 0 Å². The number of hydrogen-bond donors (Lipinski definition) is 1. The van der Waals surface area contributed by atoms with E-state index in [1.807, 2.05) is 4.57 Å². The largest absolute Gasteiger partial charge is 0.481 e. The number of aliphatic carboxylic acids is 1. The van der Waals surface area contributed by atoms with Gasteiger partial charge in [0.2, 0.25) is 0 Å². The summed E-state index contributed by atoms with van der Waals surface area (Å²) in [6, 6.07) is 0. The van der Waals surface area contributed by atoms with Crippen molar-refractivity contribution in [2.75, 3.05) is 5.75 Å². The van der Waals surface area contributed by atoms with Gasteiger partial charge in [0.15, 0.2) is 5.16 Å². The first kappa shape index (κ1) is 11.4. The first-order valence-corrected chi connectivity index (χ1v) is 6.20. The van der Waals surface area contributed by atoms with Crippen molar-refractivity contribution < 1.29 is 9.90 Å². The fourth-order valence-corrected chi connectivity index (χ4v) is 2.38. The summed E-state index contributed by atoms with van der Waals surface area (Å²) in [5.41, 5.74) is 0.416. The Kier molecular flexibility index (Phi) is 2.92. The maximum atomic E-state index is 10.5. The summed E-state index contributed by atoms with van der Waals surface area (Å²) >= 11 is 1.22. The zero-order valence-electron chi connectivity index (χ0n) is 9.38. The quantitative estimate of drug-likeness (QED) is 0.791. The van der Waals surface area contributed by atoms with Gasteiger partial charge in [-0.05, 0) is 17.8 Å². The van der Waals surface area contributed by atoms with E-state index >= 15 is 0 Å². The van der Waals surface area contributed by atoms with Crippen LogP contribution in [0.15, 0.2) is 11.5 Å². The summed E-state index contributed by atoms with van der Waals surface area (Å²) in [5, 5.41) is 17.1. The molecule has 1 aromatic rings. The molecule has 16 heavy (non-hydrogen) atoms. The van der Waals surface area contributed by atoms with Gasteiger partial charge in [-0.25, -0.2) is 0 Å². The Morgan fingerprint density at radius 2 is 2.44 bits per heavy atom. The van der Waals surface area contributed by atoms with Crippen LogP contribution in [0.5, 0.6) is 0 Å². The molecule has 0 aromatic carbocycles. The Morgan fingerprint density at radius 1 is 1.75 bits per heavy atom. The van der Waals surface area contributed by atoms with Gasteiger partial charge in [0.05, 0.1) is 5.75 Å². The highest BCUT2D eigenvalue weighted by Crippen LogP contribution is 2.52. The molecule has 1 aliphatic rings. The molecule has 2 rings (SSSR count). The van der Waals surface area contributed by atoms with Crippen LogP contribution in [0.3, 0.4) is 0 Å². The maximum absolute atomic E-state index is 10.5. The molecule has 5 nitrogen and oxygen atoms in total. The molecule has 1 aliphatic carbocycles. The van der Waals surface area contributed by atoms with E-state index in [1.54, 1.807) is 6.33 Å². The number of thioether (sulfide) groups is 1. The van der Waals surface area contributed by atoms with E-state index in [9.17, 15) is 4.79 Å². The highest BCUT2D eigenvalue weighted by Gasteiger charge is 2.45. The smallest absolute Gasteiger partial charge is 0.313 e. The third-order valence-electron chi connectivity index (χ3n) is 3.04. The summed E-state index contributed by atoms with van der Waals surface area (Å²) in [4.78, 5) is 10.5. The number of rotatable bonds is 5. The average Bonchev–Trinajstić information content (AvgIpc) is 2.60. The lowest BCUT2D eigenvalue weighted by atomic mass is 10.1. The Morgan fingerprint density at radius 3 is 3.00 bits per heavy atom. The Bertz CT molecular complexity index is 403. The zero-order chi connectivity index (χ0) is 11.8. The number of carboxylic acid groups (broad SMARTS) is 1. The Balaban J connectivity index is 1.94. The number of nitrogens with zero attached hydrogens (tertiary/aromatic N) is 3. The minimum Gasteiger partial charge on any atom is -0.481 e. The normalized spacial score (nSPS) is 22.0. The fourth-order valence-electron chi connectivity index (χ4n) is 1.73. The molecule has 6 heteroatoms. The number of hydrogen-bond acceptors (Lipinski definition) is 4. The summed E-state index contributed by atoms with van der Waals surface area (Å²) in [5.74, 6) is -0.133. The highest BCUT2D eigenvalue weighted by atomic mass is 32.2. The van der Waals surface area contributed by atoms with Crippen LogP contribution in [0.2, 0.25) is 0 Å². The lowest BCUT2D eigenvalue weighted by molar-refractivity contribution is -0.133. The first-order valence-electron chi connectivity index (χ1n) is 5.21. The van der Waals surface area contributed by atoms with Crippen molar-refractivity contribution in [3.05, 3.63) is 6.33 Å². The molecule has 1 heterocycles. The van der Waals surface area contributed by atoms with Crippen molar-refractivity contribution in [2.24, 2.45) is 11.3 Å². The molecule has 1 N–H and O–H groups in total. The molecule has 0 spiro atoms. The van der Waals surface area contributed by atoms with Crippen molar-refractivity contribution in [1.82, 2.24) is 14.8 Å². The van der Waals surface area contributed by atoms with Crippen LogP contribution in [0.25, 0.3) is 0 Å². The third kappa shape index (κ3) is 2.55. The van der Waals surface area contributed by atoms with Crippen molar-refractivity contribution in [3.8, 4) is 0 Å². The lowest BCUT2D eigenvalue weighted by Crippen LogP contribution is -2.06. The van der Waals surface area contributed by atoms with Gasteiger partial charge in [-0.3, -0.25) is 4.79 Å². The van der Waals surface area contributed by atoms with Gasteiger partial charge < -0.3 is 9.67 Å². The molecule has 1 saturated carbocycles. The number of carbonyl (C=O) groups is 1. The zero-order valence-corrected chi connectivity index (χ0v) is 10.2. The highest BCUT2D eigenvalue weighted by molar-refractivity contribution is 7.99. The molecule has 88 valence electrons. The van der Waals surface area contributed by atoms with Crippen molar-refractivity contribution in [2.45, 2.75) is 32.0 Å².